The number of carbonyl (C=O) groups excluding carboxylic acids is 1. The van der Waals surface area contributed by atoms with E-state index in [9.17, 15) is 41.0 Å². The molecule has 1 aliphatic rings. The molecule has 7 nitrogen and oxygen atoms in total. The molecule has 1 amide bonds. The van der Waals surface area contributed by atoms with Crippen molar-refractivity contribution in [3.63, 3.8) is 0 Å². The first-order valence-corrected chi connectivity index (χ1v) is 11.1. The highest BCUT2D eigenvalue weighted by molar-refractivity contribution is 6.34. The molecule has 0 aliphatic carbocycles. The van der Waals surface area contributed by atoms with Gasteiger partial charge in [0, 0.05) is 10.8 Å². The molecule has 0 spiro atoms. The highest BCUT2D eigenvalue weighted by Gasteiger charge is 2.45. The molecule has 0 aromatic heterocycles. The summed E-state index contributed by atoms with van der Waals surface area (Å²) in [7, 11) is 0. The third-order valence-corrected chi connectivity index (χ3v) is 5.78. The number of carboxylic acid groups (broad SMARTS) is 1. The van der Waals surface area contributed by atoms with Gasteiger partial charge in [-0.2, -0.15) is 26.3 Å². The number of carboxylic acids is 1. The van der Waals surface area contributed by atoms with Crippen LogP contribution >= 0.6 is 11.6 Å². The molecule has 1 atom stereocenters. The van der Waals surface area contributed by atoms with Crippen LogP contribution < -0.4 is 14.4 Å². The second-order valence-corrected chi connectivity index (χ2v) is 8.61. The lowest BCUT2D eigenvalue weighted by Crippen LogP contribution is -2.28. The molecule has 202 valence electrons. The van der Waals surface area contributed by atoms with Crippen LogP contribution in [0.1, 0.15) is 27.7 Å². The topological polar surface area (TPSA) is 96.3 Å². The Hall–Kier alpha value is -3.71. The van der Waals surface area contributed by atoms with E-state index in [1.165, 1.54) is 42.5 Å². The quantitative estimate of drug-likeness (QED) is 0.361. The van der Waals surface area contributed by atoms with Crippen molar-refractivity contribution in [3.8, 4) is 11.5 Å². The van der Waals surface area contributed by atoms with Crippen molar-refractivity contribution in [2.24, 2.45) is 0 Å². The van der Waals surface area contributed by atoms with Crippen LogP contribution in [0.15, 0.2) is 42.5 Å². The van der Waals surface area contributed by atoms with E-state index >= 15 is 0 Å². The molecular weight excluding hydrogens is 548 g/mol. The zero-order valence-electron chi connectivity index (χ0n) is 18.9. The first kappa shape index (κ1) is 27.3. The molecule has 3 aromatic carbocycles. The number of anilines is 1. The standard InChI is InChI=1S/C24H16ClF6NO6/c25-14-7-11(8-16(33)34)5-6-15(14)32-21(35)17-18(22(32)36)20(38-10-24(29,30)31)13-4-2-1-3-12(13)19(17)37-9-23(26,27)28/h1-7,21,35H,8-10H2,(H,33,34). The van der Waals surface area contributed by atoms with Crippen molar-refractivity contribution in [3.05, 3.63) is 64.2 Å². The number of rotatable bonds is 7. The van der Waals surface area contributed by atoms with E-state index in [4.69, 9.17) is 26.2 Å². The second-order valence-electron chi connectivity index (χ2n) is 8.21. The molecule has 1 aliphatic heterocycles. The number of fused-ring (bicyclic) bond motifs is 2. The molecule has 0 fully saturated rings. The number of amides is 1. The maximum Gasteiger partial charge on any atom is 0.422 e. The van der Waals surface area contributed by atoms with Crippen molar-refractivity contribution in [2.75, 3.05) is 18.1 Å². The minimum absolute atomic E-state index is 0.135. The average molecular weight is 564 g/mol. The molecule has 0 saturated carbocycles. The van der Waals surface area contributed by atoms with Gasteiger partial charge in [0.05, 0.1) is 28.3 Å². The maximum atomic E-state index is 13.5. The van der Waals surface area contributed by atoms with Gasteiger partial charge in [-0.3, -0.25) is 14.5 Å². The number of alkyl halides is 6. The zero-order chi connectivity index (χ0) is 28.0. The Labute approximate surface area is 214 Å². The molecule has 0 bridgehead atoms. The van der Waals surface area contributed by atoms with Gasteiger partial charge in [0.15, 0.2) is 19.4 Å². The molecular formula is C24H16ClF6NO6. The van der Waals surface area contributed by atoms with Gasteiger partial charge < -0.3 is 19.7 Å². The normalized spacial score (nSPS) is 15.6. The molecule has 1 heterocycles. The third kappa shape index (κ3) is 5.43. The lowest BCUT2D eigenvalue weighted by atomic mass is 9.98. The summed E-state index contributed by atoms with van der Waals surface area (Å²) in [4.78, 5) is 25.2. The predicted molar refractivity (Wildman–Crippen MR) is 122 cm³/mol. The summed E-state index contributed by atoms with van der Waals surface area (Å²) in [5.74, 6) is -3.49. The van der Waals surface area contributed by atoms with Crippen molar-refractivity contribution < 1.29 is 55.6 Å². The fourth-order valence-corrected chi connectivity index (χ4v) is 4.39. The van der Waals surface area contributed by atoms with Crippen molar-refractivity contribution >= 4 is 39.9 Å². The van der Waals surface area contributed by atoms with Crippen molar-refractivity contribution in [2.45, 2.75) is 25.0 Å². The van der Waals surface area contributed by atoms with E-state index in [2.05, 4.69) is 0 Å². The summed E-state index contributed by atoms with van der Waals surface area (Å²) < 4.78 is 88.2. The number of hydrogen-bond acceptors (Lipinski definition) is 5. The van der Waals surface area contributed by atoms with E-state index in [0.717, 1.165) is 0 Å². The van der Waals surface area contributed by atoms with E-state index in [0.29, 0.717) is 4.90 Å². The van der Waals surface area contributed by atoms with Crippen molar-refractivity contribution in [1.29, 1.82) is 0 Å². The average Bonchev–Trinajstić information content (AvgIpc) is 3.05. The number of halogens is 7. The Morgan fingerprint density at radius 3 is 2.03 bits per heavy atom. The monoisotopic (exact) mass is 563 g/mol. The van der Waals surface area contributed by atoms with Crippen LogP contribution in [0, 0.1) is 0 Å². The fourth-order valence-electron chi connectivity index (χ4n) is 4.10. The van der Waals surface area contributed by atoms with Crippen LogP contribution in [-0.2, 0) is 11.2 Å². The summed E-state index contributed by atoms with van der Waals surface area (Å²) >= 11 is 6.23. The van der Waals surface area contributed by atoms with Gasteiger partial charge in [-0.25, -0.2) is 0 Å². The molecule has 0 radical (unpaired) electrons. The van der Waals surface area contributed by atoms with E-state index in [1.54, 1.807) is 0 Å². The first-order chi connectivity index (χ1) is 17.7. The Morgan fingerprint density at radius 2 is 1.50 bits per heavy atom. The van der Waals surface area contributed by atoms with Gasteiger partial charge in [-0.15, -0.1) is 0 Å². The van der Waals surface area contributed by atoms with E-state index in [1.807, 2.05) is 0 Å². The number of nitrogens with zero attached hydrogens (tertiary/aromatic N) is 1. The van der Waals surface area contributed by atoms with Crippen molar-refractivity contribution in [1.82, 2.24) is 0 Å². The van der Waals surface area contributed by atoms with Gasteiger partial charge in [0.2, 0.25) is 0 Å². The smallest absolute Gasteiger partial charge is 0.422 e. The molecule has 1 unspecified atom stereocenters. The maximum absolute atomic E-state index is 13.5. The lowest BCUT2D eigenvalue weighted by molar-refractivity contribution is -0.154. The number of ether oxygens (including phenoxy) is 2. The molecule has 4 rings (SSSR count). The predicted octanol–water partition coefficient (Wildman–Crippen LogP) is 5.65. The molecule has 2 N–H and O–H groups in total. The highest BCUT2D eigenvalue weighted by atomic mass is 35.5. The summed E-state index contributed by atoms with van der Waals surface area (Å²) in [6.45, 7) is -3.65. The highest BCUT2D eigenvalue weighted by Crippen LogP contribution is 2.51. The Kier molecular flexibility index (Phi) is 7.10. The Bertz CT molecular complexity index is 1420. The summed E-state index contributed by atoms with van der Waals surface area (Å²) in [6, 6.07) is 8.91. The van der Waals surface area contributed by atoms with Crippen LogP contribution in [0.25, 0.3) is 10.8 Å². The Morgan fingerprint density at radius 1 is 0.947 bits per heavy atom. The number of carbonyl (C=O) groups is 2. The second kappa shape index (κ2) is 9.87. The molecule has 38 heavy (non-hydrogen) atoms. The molecule has 0 saturated heterocycles. The molecule has 14 heteroatoms. The zero-order valence-corrected chi connectivity index (χ0v) is 19.6. The summed E-state index contributed by atoms with van der Waals surface area (Å²) in [5.41, 5.74) is -1.12. The number of aliphatic carboxylic acids is 1. The third-order valence-electron chi connectivity index (χ3n) is 5.48. The van der Waals surface area contributed by atoms with Gasteiger partial charge in [-0.05, 0) is 17.7 Å². The van der Waals surface area contributed by atoms with Gasteiger partial charge in [0.25, 0.3) is 5.91 Å². The number of hydrogen-bond donors (Lipinski definition) is 2. The molecule has 3 aromatic rings. The van der Waals surface area contributed by atoms with Crippen LogP contribution in [0.4, 0.5) is 32.0 Å². The first-order valence-electron chi connectivity index (χ1n) is 10.7. The number of benzene rings is 3. The van der Waals surface area contributed by atoms with Gasteiger partial charge in [0.1, 0.15) is 11.5 Å². The van der Waals surface area contributed by atoms with Crippen LogP contribution in [0.2, 0.25) is 5.02 Å². The van der Waals surface area contributed by atoms with E-state index < -0.39 is 72.7 Å². The fraction of sp³-hybridized carbons (Fsp3) is 0.250. The van der Waals surface area contributed by atoms with Gasteiger partial charge in [-0.1, -0.05) is 41.9 Å². The number of aliphatic hydroxyl groups is 1. The largest absolute Gasteiger partial charge is 0.483 e. The van der Waals surface area contributed by atoms with Crippen LogP contribution in [-0.4, -0.2) is 47.7 Å². The lowest BCUT2D eigenvalue weighted by Gasteiger charge is -2.23. The minimum Gasteiger partial charge on any atom is -0.483 e. The van der Waals surface area contributed by atoms with E-state index in [-0.39, 0.29) is 27.0 Å². The Balaban J connectivity index is 1.93. The minimum atomic E-state index is -4.83. The van der Waals surface area contributed by atoms with Crippen LogP contribution in [0.5, 0.6) is 11.5 Å². The van der Waals surface area contributed by atoms with Crippen LogP contribution in [0.3, 0.4) is 0 Å². The van der Waals surface area contributed by atoms with Gasteiger partial charge >= 0.3 is 18.3 Å². The number of aliphatic hydroxyl groups excluding tert-OH is 1. The summed E-state index contributed by atoms with van der Waals surface area (Å²) in [5, 5.41) is 19.6. The summed E-state index contributed by atoms with van der Waals surface area (Å²) in [6.07, 6.45) is -12.1. The SMILES string of the molecule is O=C(O)Cc1ccc(N2C(=O)c3c(c(OCC(F)(F)F)c4ccccc4c3OCC(F)(F)F)C2O)c(Cl)c1.